The lowest BCUT2D eigenvalue weighted by Crippen LogP contribution is -2.10. The number of fused-ring (bicyclic) bond motifs is 21. The van der Waals surface area contributed by atoms with E-state index < -0.39 is 0 Å². The molecule has 12 aromatic carbocycles. The average Bonchev–Trinajstić information content (AvgIpc) is 1.53. The van der Waals surface area contributed by atoms with Crippen LogP contribution in [0.4, 0.5) is 0 Å². The van der Waals surface area contributed by atoms with Crippen LogP contribution in [0.2, 0.25) is 0 Å². The van der Waals surface area contributed by atoms with Gasteiger partial charge in [-0.1, -0.05) is 175 Å². The minimum Gasteiger partial charge on any atom is -0.309 e. The Morgan fingerprint density at radius 3 is 1.41 bits per heavy atom. The Bertz CT molecular complexity index is 6090. The van der Waals surface area contributed by atoms with Crippen molar-refractivity contribution in [2.24, 2.45) is 0 Å². The highest BCUT2D eigenvalue weighted by atomic mass is 15.0. The Morgan fingerprint density at radius 1 is 0.302 bits per heavy atom. The molecule has 7 heterocycles. The molecule has 406 valence electrons. The third kappa shape index (κ3) is 6.31. The van der Waals surface area contributed by atoms with Crippen LogP contribution in [0.3, 0.4) is 0 Å². The molecule has 0 saturated heterocycles. The van der Waals surface area contributed by atoms with Crippen molar-refractivity contribution in [2.75, 3.05) is 0 Å². The Hall–Kier alpha value is -10.5. The van der Waals surface area contributed by atoms with Gasteiger partial charge in [0.05, 0.1) is 55.2 Å². The summed E-state index contributed by atoms with van der Waals surface area (Å²) in [5, 5.41) is 18.5. The van der Waals surface area contributed by atoms with Crippen LogP contribution in [-0.2, 0) is 10.8 Å². The van der Waals surface area contributed by atoms with Crippen LogP contribution in [0.5, 0.6) is 0 Å². The van der Waals surface area contributed by atoms with E-state index in [0.29, 0.717) is 0 Å². The molecule has 7 aromatic heterocycles. The smallest absolute Gasteiger partial charge is 0.146 e. The molecule has 0 aliphatic heterocycles. The second kappa shape index (κ2) is 16.6. The maximum Gasteiger partial charge on any atom is 0.146 e. The molecule has 19 aromatic rings. The molecule has 0 unspecified atom stereocenters. The monoisotopic (exact) mass is 1100 g/mol. The van der Waals surface area contributed by atoms with Crippen LogP contribution in [0.15, 0.2) is 237 Å². The van der Waals surface area contributed by atoms with Crippen molar-refractivity contribution in [1.82, 2.24) is 22.9 Å². The van der Waals surface area contributed by atoms with Gasteiger partial charge in [0.15, 0.2) is 0 Å². The Labute approximate surface area is 495 Å². The number of pyridine rings is 1. The van der Waals surface area contributed by atoms with Crippen LogP contribution < -0.4 is 0 Å². The molecule has 0 bridgehead atoms. The molecule has 0 fully saturated rings. The predicted molar refractivity (Wildman–Crippen MR) is 366 cm³/mol. The second-order valence-electron chi connectivity index (χ2n) is 26.3. The summed E-state index contributed by atoms with van der Waals surface area (Å²) < 4.78 is 10.0. The number of aromatic nitrogens is 5. The van der Waals surface area contributed by atoms with E-state index in [1.807, 2.05) is 0 Å². The second-order valence-corrected chi connectivity index (χ2v) is 26.3. The molecule has 0 atom stereocenters. The predicted octanol–water partition coefficient (Wildman–Crippen LogP) is 21.8. The fourth-order valence-corrected chi connectivity index (χ4v) is 15.4. The number of rotatable bonds is 4. The van der Waals surface area contributed by atoms with Gasteiger partial charge in [0.1, 0.15) is 5.65 Å². The van der Waals surface area contributed by atoms with Gasteiger partial charge in [0, 0.05) is 81.8 Å². The lowest BCUT2D eigenvalue weighted by atomic mass is 9.85. The zero-order chi connectivity index (χ0) is 57.2. The molecule has 0 amide bonds. The maximum absolute atomic E-state index is 6.18. The highest BCUT2D eigenvalue weighted by Crippen LogP contribution is 2.52. The zero-order valence-electron chi connectivity index (χ0n) is 48.8. The summed E-state index contributed by atoms with van der Waals surface area (Å²) in [6, 6.07) is 89.1. The molecule has 0 spiro atoms. The Balaban J connectivity index is 0.965. The molecule has 5 heteroatoms. The molecule has 0 aliphatic carbocycles. The van der Waals surface area contributed by atoms with Crippen molar-refractivity contribution < 1.29 is 0 Å². The van der Waals surface area contributed by atoms with Gasteiger partial charge in [0.2, 0.25) is 0 Å². The summed E-state index contributed by atoms with van der Waals surface area (Å²) in [6.07, 6.45) is 0. The Kier molecular flexibility index (Phi) is 9.28. The summed E-state index contributed by atoms with van der Waals surface area (Å²) in [5.41, 5.74) is 22.2. The van der Waals surface area contributed by atoms with E-state index in [9.17, 15) is 0 Å². The topological polar surface area (TPSA) is 31.6 Å². The number of hydrogen-bond donors (Lipinski definition) is 0. The molecule has 0 radical (unpaired) electrons. The maximum atomic E-state index is 6.18. The van der Waals surface area contributed by atoms with Gasteiger partial charge >= 0.3 is 0 Å². The molecule has 0 saturated carbocycles. The Morgan fingerprint density at radius 2 is 0.779 bits per heavy atom. The van der Waals surface area contributed by atoms with Gasteiger partial charge in [-0.3, -0.25) is 4.40 Å². The summed E-state index contributed by atoms with van der Waals surface area (Å²) in [4.78, 5) is 6.18. The van der Waals surface area contributed by atoms with Gasteiger partial charge < -0.3 is 13.5 Å². The first-order valence-electron chi connectivity index (χ1n) is 30.3. The highest BCUT2D eigenvalue weighted by molar-refractivity contribution is 6.34. The van der Waals surface area contributed by atoms with E-state index in [1.54, 1.807) is 0 Å². The van der Waals surface area contributed by atoms with Gasteiger partial charge in [0.25, 0.3) is 0 Å². The normalized spacial score (nSPS) is 13.0. The molecule has 5 nitrogen and oxygen atoms in total. The molecule has 19 rings (SSSR count). The number of hydrogen-bond acceptors (Lipinski definition) is 1. The number of benzene rings is 12. The van der Waals surface area contributed by atoms with E-state index in [4.69, 9.17) is 4.98 Å². The molecule has 0 aliphatic rings. The first-order chi connectivity index (χ1) is 41.9. The van der Waals surface area contributed by atoms with Crippen LogP contribution in [0.25, 0.3) is 175 Å². The highest BCUT2D eigenvalue weighted by Gasteiger charge is 2.31. The van der Waals surface area contributed by atoms with Gasteiger partial charge in [-0.15, -0.1) is 0 Å². The quantitative estimate of drug-likeness (QED) is 0.173. The van der Waals surface area contributed by atoms with Crippen molar-refractivity contribution in [1.29, 1.82) is 0 Å². The molecular weight excluding hydrogens is 1040 g/mol. The minimum absolute atomic E-state index is 0.128. The van der Waals surface area contributed by atoms with Crippen LogP contribution in [-0.4, -0.2) is 22.9 Å². The lowest BCUT2D eigenvalue weighted by Gasteiger charge is -2.19. The van der Waals surface area contributed by atoms with E-state index in [2.05, 4.69) is 296 Å². The van der Waals surface area contributed by atoms with Crippen molar-refractivity contribution >= 4 is 142 Å². The summed E-state index contributed by atoms with van der Waals surface area (Å²) in [7, 11) is 0. The number of nitrogens with zero attached hydrogens (tertiary/aromatic N) is 5. The third-order valence-electron chi connectivity index (χ3n) is 19.4. The van der Waals surface area contributed by atoms with Crippen LogP contribution in [0, 0.1) is 0 Å². The first-order valence-corrected chi connectivity index (χ1v) is 30.3. The number of para-hydroxylation sites is 4. The van der Waals surface area contributed by atoms with Crippen LogP contribution >= 0.6 is 0 Å². The zero-order valence-corrected chi connectivity index (χ0v) is 48.8. The SMILES string of the molecule is CC(C)(C)c1cc2c3nc4c(cc3n3c5c(-c6ccc7c(c6)c6ccccc6n7-c6ccccc6)cc6ccccc6c5c(c1)c23)c1cc(C(C)(C)C)cc2c3cc5ccccc5c(-c5ccc6c(c5)c5ccccc5n6-c5ccccc5)c3n4c12. The van der Waals surface area contributed by atoms with Gasteiger partial charge in [-0.2, -0.15) is 0 Å². The van der Waals surface area contributed by atoms with Crippen molar-refractivity contribution in [3.05, 3.63) is 248 Å². The lowest BCUT2D eigenvalue weighted by molar-refractivity contribution is 0.591. The molecule has 86 heavy (non-hydrogen) atoms. The summed E-state index contributed by atoms with van der Waals surface area (Å²) in [6.45, 7) is 14.1. The average molecular weight is 1100 g/mol. The fourth-order valence-electron chi connectivity index (χ4n) is 15.4. The van der Waals surface area contributed by atoms with Gasteiger partial charge in [-0.05, 0) is 158 Å². The van der Waals surface area contributed by atoms with E-state index in [-0.39, 0.29) is 10.8 Å². The van der Waals surface area contributed by atoms with Crippen molar-refractivity contribution in [2.45, 2.75) is 52.4 Å². The van der Waals surface area contributed by atoms with E-state index in [1.165, 1.54) is 153 Å². The summed E-state index contributed by atoms with van der Waals surface area (Å²) >= 11 is 0. The molecular formula is C81H57N5. The summed E-state index contributed by atoms with van der Waals surface area (Å²) in [5.74, 6) is 0. The van der Waals surface area contributed by atoms with Crippen molar-refractivity contribution in [3.8, 4) is 33.6 Å². The third-order valence-corrected chi connectivity index (χ3v) is 19.4. The van der Waals surface area contributed by atoms with Crippen molar-refractivity contribution in [3.63, 3.8) is 0 Å². The van der Waals surface area contributed by atoms with E-state index in [0.717, 1.165) is 33.4 Å². The van der Waals surface area contributed by atoms with E-state index >= 15 is 0 Å². The van der Waals surface area contributed by atoms with Crippen LogP contribution in [0.1, 0.15) is 52.7 Å². The minimum atomic E-state index is -0.142. The standard InChI is InChI=1S/C81H57N5/c1-80(2,3)50-41-62-61-39-47-22-13-15-27-54(47)72(49-34-36-70-60(40-49)57-30-18-20-32-68(57)84(70)53-25-11-8-12-26-53)78(61)86-75(62)63(42-50)64-45-71-74(82-79(64)86)66-44-51(81(4,5)6)43-65-73-55-28-16-14-21-46(55)37-58(77(73)85(71)76(65)66)48-33-35-69-59(38-48)56-29-17-19-31-67(56)83(69)52-23-9-7-10-24-52/h7-45H,1-6H3. The first kappa shape index (κ1) is 47.9. The van der Waals surface area contributed by atoms with Gasteiger partial charge in [-0.25, -0.2) is 4.98 Å². The fraction of sp³-hybridized carbons (Fsp3) is 0.0988. The largest absolute Gasteiger partial charge is 0.309 e. The molecule has 0 N–H and O–H groups in total.